The van der Waals surface area contributed by atoms with E-state index in [0.29, 0.717) is 6.54 Å². The zero-order valence-corrected chi connectivity index (χ0v) is 4.02. The normalized spacial score (nSPS) is 8.29. The van der Waals surface area contributed by atoms with Crippen molar-refractivity contribution in [2.45, 2.75) is 0 Å². The van der Waals surface area contributed by atoms with Crippen LogP contribution in [0.4, 0.5) is 0 Å². The Labute approximate surface area is 42.4 Å². The second-order valence-corrected chi connectivity index (χ2v) is 1.01. The van der Waals surface area contributed by atoms with Crippen molar-refractivity contribution in [3.63, 3.8) is 0 Å². The molecule has 0 aromatic heterocycles. The number of nitrogens with two attached hydrogens (primary N) is 1. The third-order valence-corrected chi connectivity index (χ3v) is 0.381. The smallest absolute Gasteiger partial charge is 0.306 e. The van der Waals surface area contributed by atoms with Gasteiger partial charge in [-0.1, -0.05) is 0 Å². The molecule has 0 aliphatic carbocycles. The van der Waals surface area contributed by atoms with Crippen molar-refractivity contribution in [1.29, 1.82) is 0 Å². The molecule has 3 heteroatoms. The second-order valence-electron chi connectivity index (χ2n) is 1.01. The maximum atomic E-state index is 9.81. The Morgan fingerprint density at radius 3 is 2.57 bits per heavy atom. The van der Waals surface area contributed by atoms with Crippen molar-refractivity contribution in [2.24, 2.45) is 5.73 Å². The molecule has 1 radical (unpaired) electrons. The van der Waals surface area contributed by atoms with Crippen LogP contribution >= 0.6 is 0 Å². The third kappa shape index (κ3) is 5.43. The highest BCUT2D eigenvalue weighted by Crippen LogP contribution is 1.69. The summed E-state index contributed by atoms with van der Waals surface area (Å²) in [7, 11) is 0. The van der Waals surface area contributed by atoms with E-state index in [1.807, 2.05) is 0 Å². The molecule has 0 aliphatic heterocycles. The summed E-state index contributed by atoms with van der Waals surface area (Å²) < 4.78 is 4.32. The van der Waals surface area contributed by atoms with Gasteiger partial charge in [0.1, 0.15) is 6.61 Å². The Morgan fingerprint density at radius 2 is 2.43 bits per heavy atom. The summed E-state index contributed by atoms with van der Waals surface area (Å²) in [5, 5.41) is 0. The van der Waals surface area contributed by atoms with Gasteiger partial charge in [-0.2, -0.15) is 0 Å². The maximum absolute atomic E-state index is 9.81. The van der Waals surface area contributed by atoms with Crippen LogP contribution in [0.5, 0.6) is 0 Å². The van der Waals surface area contributed by atoms with Crippen LogP contribution in [0, 0.1) is 6.92 Å². The van der Waals surface area contributed by atoms with Gasteiger partial charge in [0.15, 0.2) is 0 Å². The fourth-order valence-corrected chi connectivity index (χ4v) is 0.173. The number of hydrogen-bond acceptors (Lipinski definition) is 3. The lowest BCUT2D eigenvalue weighted by atomic mass is 10.7. The van der Waals surface area contributed by atoms with Gasteiger partial charge in [-0.05, 0) is 0 Å². The zero-order chi connectivity index (χ0) is 5.70. The van der Waals surface area contributed by atoms with E-state index in [1.54, 1.807) is 0 Å². The molecule has 0 aromatic rings. The molecular formula is C4H8NO2. The minimum atomic E-state index is -0.523. The standard InChI is InChI=1S/C4H8NO2/c1-4(6)7-3-2-5/h1-3,5H2. The summed E-state index contributed by atoms with van der Waals surface area (Å²) in [5.74, 6) is -0.523. The topological polar surface area (TPSA) is 52.3 Å². The Kier molecular flexibility index (Phi) is 3.32. The molecule has 7 heavy (non-hydrogen) atoms. The SMILES string of the molecule is [CH2]C(=O)OCCN. The molecule has 0 spiro atoms. The van der Waals surface area contributed by atoms with Gasteiger partial charge in [-0.25, -0.2) is 0 Å². The summed E-state index contributed by atoms with van der Waals surface area (Å²) in [6.07, 6.45) is 0. The monoisotopic (exact) mass is 102 g/mol. The predicted octanol–water partition coefficient (Wildman–Crippen LogP) is -0.678. The van der Waals surface area contributed by atoms with Gasteiger partial charge in [0, 0.05) is 6.54 Å². The van der Waals surface area contributed by atoms with Crippen molar-refractivity contribution < 1.29 is 9.53 Å². The summed E-state index contributed by atoms with van der Waals surface area (Å²) >= 11 is 0. The molecule has 0 aliphatic rings. The van der Waals surface area contributed by atoms with Gasteiger partial charge in [0.2, 0.25) is 0 Å². The van der Waals surface area contributed by atoms with Crippen LogP contribution in [0.1, 0.15) is 0 Å². The first kappa shape index (κ1) is 6.43. The highest BCUT2D eigenvalue weighted by atomic mass is 16.5. The number of esters is 1. The van der Waals surface area contributed by atoms with Crippen LogP contribution < -0.4 is 5.73 Å². The van der Waals surface area contributed by atoms with Crippen LogP contribution in [0.15, 0.2) is 0 Å². The first-order chi connectivity index (χ1) is 3.27. The first-order valence-corrected chi connectivity index (χ1v) is 1.96. The van der Waals surface area contributed by atoms with E-state index in [4.69, 9.17) is 5.73 Å². The molecule has 2 N–H and O–H groups in total. The maximum Gasteiger partial charge on any atom is 0.306 e. The quantitative estimate of drug-likeness (QED) is 0.470. The Bertz CT molecular complexity index is 62.7. The van der Waals surface area contributed by atoms with E-state index in [2.05, 4.69) is 11.7 Å². The van der Waals surface area contributed by atoms with Gasteiger partial charge in [0.25, 0.3) is 0 Å². The molecule has 0 saturated heterocycles. The van der Waals surface area contributed by atoms with Gasteiger partial charge >= 0.3 is 5.97 Å². The predicted molar refractivity (Wildman–Crippen MR) is 25.4 cm³/mol. The van der Waals surface area contributed by atoms with Gasteiger partial charge < -0.3 is 10.5 Å². The van der Waals surface area contributed by atoms with E-state index in [9.17, 15) is 4.79 Å². The highest BCUT2D eigenvalue weighted by molar-refractivity contribution is 5.73. The molecule has 0 atom stereocenters. The Balaban J connectivity index is 2.82. The number of rotatable bonds is 2. The second kappa shape index (κ2) is 3.61. The summed E-state index contributed by atoms with van der Waals surface area (Å²) in [5.41, 5.74) is 4.97. The van der Waals surface area contributed by atoms with Crippen LogP contribution in [0.25, 0.3) is 0 Å². The summed E-state index contributed by atoms with van der Waals surface area (Å²) in [6.45, 7) is 3.59. The molecular weight excluding hydrogens is 94.0 g/mol. The average Bonchev–Trinajstić information content (AvgIpc) is 1.61. The van der Waals surface area contributed by atoms with Crippen molar-refractivity contribution in [2.75, 3.05) is 13.2 Å². The van der Waals surface area contributed by atoms with Gasteiger partial charge in [-0.15, -0.1) is 0 Å². The number of carbonyl (C=O) groups excluding carboxylic acids is 1. The van der Waals surface area contributed by atoms with Crippen LogP contribution in [-0.4, -0.2) is 19.1 Å². The molecule has 0 saturated carbocycles. The molecule has 0 heterocycles. The van der Waals surface area contributed by atoms with E-state index >= 15 is 0 Å². The molecule has 0 fully saturated rings. The summed E-state index contributed by atoms with van der Waals surface area (Å²) in [4.78, 5) is 9.81. The van der Waals surface area contributed by atoms with E-state index in [0.717, 1.165) is 0 Å². The number of hydrogen-bond donors (Lipinski definition) is 1. The fraction of sp³-hybridized carbons (Fsp3) is 0.500. The Morgan fingerprint density at radius 1 is 1.86 bits per heavy atom. The third-order valence-electron chi connectivity index (χ3n) is 0.381. The first-order valence-electron chi connectivity index (χ1n) is 1.96. The highest BCUT2D eigenvalue weighted by Gasteiger charge is 1.85. The molecule has 0 unspecified atom stereocenters. The van der Waals surface area contributed by atoms with Crippen LogP contribution in [0.2, 0.25) is 0 Å². The van der Waals surface area contributed by atoms with Crippen LogP contribution in [-0.2, 0) is 9.53 Å². The van der Waals surface area contributed by atoms with E-state index in [-0.39, 0.29) is 6.61 Å². The minimum Gasteiger partial charge on any atom is -0.464 e. The summed E-state index contributed by atoms with van der Waals surface area (Å²) in [6, 6.07) is 0. The van der Waals surface area contributed by atoms with Crippen molar-refractivity contribution in [1.82, 2.24) is 0 Å². The molecule has 0 bridgehead atoms. The Hall–Kier alpha value is -0.570. The molecule has 0 aromatic carbocycles. The van der Waals surface area contributed by atoms with Crippen molar-refractivity contribution in [3.05, 3.63) is 6.92 Å². The molecule has 0 amide bonds. The van der Waals surface area contributed by atoms with Gasteiger partial charge in [-0.3, -0.25) is 4.79 Å². The largest absolute Gasteiger partial charge is 0.464 e. The van der Waals surface area contributed by atoms with E-state index < -0.39 is 5.97 Å². The van der Waals surface area contributed by atoms with Crippen LogP contribution in [0.3, 0.4) is 0 Å². The average molecular weight is 102 g/mol. The molecule has 41 valence electrons. The molecule has 0 rings (SSSR count). The minimum absolute atomic E-state index is 0.266. The zero-order valence-electron chi connectivity index (χ0n) is 4.02. The fourth-order valence-electron chi connectivity index (χ4n) is 0.173. The van der Waals surface area contributed by atoms with E-state index in [1.165, 1.54) is 0 Å². The lowest BCUT2D eigenvalue weighted by Gasteiger charge is -1.93. The van der Waals surface area contributed by atoms with Crippen molar-refractivity contribution >= 4 is 5.97 Å². The number of ether oxygens (including phenoxy) is 1. The lowest BCUT2D eigenvalue weighted by Crippen LogP contribution is -2.10. The van der Waals surface area contributed by atoms with Crippen molar-refractivity contribution in [3.8, 4) is 0 Å². The lowest BCUT2D eigenvalue weighted by molar-refractivity contribution is -0.137. The molecule has 3 nitrogen and oxygen atoms in total. The number of carbonyl (C=O) groups is 1. The van der Waals surface area contributed by atoms with Gasteiger partial charge in [0.05, 0.1) is 6.92 Å².